The molecule has 10 heavy (non-hydrogen) atoms. The number of esters is 1. The number of hydrogen-bond donors (Lipinski definition) is 1. The molecule has 0 aromatic heterocycles. The van der Waals surface area contributed by atoms with Crippen molar-refractivity contribution in [2.75, 3.05) is 7.11 Å². The predicted octanol–water partition coefficient (Wildman–Crippen LogP) is 0.320. The Morgan fingerprint density at radius 1 is 1.80 bits per heavy atom. The van der Waals surface area contributed by atoms with Gasteiger partial charge in [-0.3, -0.25) is 0 Å². The fourth-order valence-electron chi connectivity index (χ4n) is 0.902. The second-order valence-electron chi connectivity index (χ2n) is 2.72. The molecule has 1 fully saturated rings. The van der Waals surface area contributed by atoms with Gasteiger partial charge in [0.25, 0.3) is 0 Å². The third-order valence-corrected chi connectivity index (χ3v) is 1.73. The summed E-state index contributed by atoms with van der Waals surface area (Å²) in [4.78, 5) is 10.6. The molecule has 0 bridgehead atoms. The molecule has 0 aromatic carbocycles. The molecule has 3 heteroatoms. The fourth-order valence-corrected chi connectivity index (χ4v) is 0.902. The molecule has 0 spiro atoms. The Morgan fingerprint density at radius 3 is 2.80 bits per heavy atom. The van der Waals surface area contributed by atoms with E-state index in [1.54, 1.807) is 0 Å². The van der Waals surface area contributed by atoms with Crippen molar-refractivity contribution in [3.05, 3.63) is 0 Å². The van der Waals surface area contributed by atoms with Crippen molar-refractivity contribution < 1.29 is 14.6 Å². The standard InChI is InChI=1S/C7H12O3/c1-10-7(9)6(8)4-5-2-3-5/h5-6,8H,2-4H2,1H3/t6-/m1/s1. The van der Waals surface area contributed by atoms with Crippen molar-refractivity contribution >= 4 is 5.97 Å². The van der Waals surface area contributed by atoms with Gasteiger partial charge in [0, 0.05) is 0 Å². The molecule has 0 unspecified atom stereocenters. The van der Waals surface area contributed by atoms with E-state index in [0.29, 0.717) is 12.3 Å². The molecule has 0 radical (unpaired) electrons. The van der Waals surface area contributed by atoms with E-state index in [1.165, 1.54) is 7.11 Å². The van der Waals surface area contributed by atoms with Gasteiger partial charge in [0.05, 0.1) is 7.11 Å². The first kappa shape index (κ1) is 7.54. The number of aliphatic hydroxyl groups excluding tert-OH is 1. The highest BCUT2D eigenvalue weighted by atomic mass is 16.5. The van der Waals surface area contributed by atoms with Gasteiger partial charge in [0.15, 0.2) is 6.10 Å². The molecule has 0 aromatic rings. The summed E-state index contributed by atoms with van der Waals surface area (Å²) < 4.78 is 4.35. The minimum atomic E-state index is -0.891. The lowest BCUT2D eigenvalue weighted by Gasteiger charge is -2.05. The number of aliphatic hydroxyl groups is 1. The van der Waals surface area contributed by atoms with Gasteiger partial charge in [-0.25, -0.2) is 4.79 Å². The topological polar surface area (TPSA) is 46.5 Å². The van der Waals surface area contributed by atoms with Crippen molar-refractivity contribution in [2.45, 2.75) is 25.4 Å². The lowest BCUT2D eigenvalue weighted by atomic mass is 10.2. The Kier molecular flexibility index (Phi) is 2.27. The summed E-state index contributed by atoms with van der Waals surface area (Å²) >= 11 is 0. The summed E-state index contributed by atoms with van der Waals surface area (Å²) in [6, 6.07) is 0. The normalized spacial score (nSPS) is 20.2. The Bertz CT molecular complexity index is 129. The van der Waals surface area contributed by atoms with Crippen LogP contribution in [0.25, 0.3) is 0 Å². The van der Waals surface area contributed by atoms with Crippen LogP contribution in [0.1, 0.15) is 19.3 Å². The summed E-state index contributed by atoms with van der Waals surface area (Å²) in [5, 5.41) is 9.05. The van der Waals surface area contributed by atoms with Crippen LogP contribution in [0.3, 0.4) is 0 Å². The van der Waals surface area contributed by atoms with E-state index in [9.17, 15) is 4.79 Å². The highest BCUT2D eigenvalue weighted by Gasteiger charge is 2.28. The first-order chi connectivity index (χ1) is 4.74. The number of ether oxygens (including phenoxy) is 1. The number of hydrogen-bond acceptors (Lipinski definition) is 3. The first-order valence-electron chi connectivity index (χ1n) is 3.50. The minimum Gasteiger partial charge on any atom is -0.467 e. The molecule has 0 saturated heterocycles. The van der Waals surface area contributed by atoms with Gasteiger partial charge in [0.2, 0.25) is 0 Å². The highest BCUT2D eigenvalue weighted by Crippen LogP contribution is 2.33. The molecule has 0 heterocycles. The van der Waals surface area contributed by atoms with E-state index in [1.807, 2.05) is 0 Å². The largest absolute Gasteiger partial charge is 0.467 e. The Balaban J connectivity index is 2.18. The smallest absolute Gasteiger partial charge is 0.334 e. The molecular formula is C7H12O3. The molecule has 1 rings (SSSR count). The Morgan fingerprint density at radius 2 is 2.40 bits per heavy atom. The first-order valence-corrected chi connectivity index (χ1v) is 3.50. The lowest BCUT2D eigenvalue weighted by molar-refractivity contribution is -0.150. The van der Waals surface area contributed by atoms with Crippen molar-refractivity contribution in [1.29, 1.82) is 0 Å². The molecule has 58 valence electrons. The molecule has 0 aliphatic heterocycles. The molecule has 0 amide bonds. The average molecular weight is 144 g/mol. The molecule has 1 aliphatic rings. The van der Waals surface area contributed by atoms with Gasteiger partial charge >= 0.3 is 5.97 Å². The van der Waals surface area contributed by atoms with Crippen LogP contribution >= 0.6 is 0 Å². The van der Waals surface area contributed by atoms with Gasteiger partial charge in [-0.15, -0.1) is 0 Å². The maximum Gasteiger partial charge on any atom is 0.334 e. The number of carbonyl (C=O) groups is 1. The quantitative estimate of drug-likeness (QED) is 0.580. The monoisotopic (exact) mass is 144 g/mol. The third-order valence-electron chi connectivity index (χ3n) is 1.73. The SMILES string of the molecule is COC(=O)[C@H](O)CC1CC1. The van der Waals surface area contributed by atoms with Gasteiger partial charge in [-0.1, -0.05) is 12.8 Å². The van der Waals surface area contributed by atoms with Crippen LogP contribution in [0.2, 0.25) is 0 Å². The van der Waals surface area contributed by atoms with E-state index in [0.717, 1.165) is 12.8 Å². The van der Waals surface area contributed by atoms with Crippen LogP contribution in [-0.4, -0.2) is 24.3 Å². The van der Waals surface area contributed by atoms with Gasteiger partial charge in [-0.05, 0) is 12.3 Å². The number of methoxy groups -OCH3 is 1. The van der Waals surface area contributed by atoms with E-state index < -0.39 is 12.1 Å². The predicted molar refractivity (Wildman–Crippen MR) is 35.4 cm³/mol. The summed E-state index contributed by atoms with van der Waals surface area (Å²) in [5.41, 5.74) is 0. The van der Waals surface area contributed by atoms with Gasteiger partial charge < -0.3 is 9.84 Å². The van der Waals surface area contributed by atoms with E-state index in [2.05, 4.69) is 4.74 Å². The molecule has 1 N–H and O–H groups in total. The second kappa shape index (κ2) is 3.01. The molecular weight excluding hydrogens is 132 g/mol. The van der Waals surface area contributed by atoms with Crippen molar-refractivity contribution in [3.63, 3.8) is 0 Å². The lowest BCUT2D eigenvalue weighted by Crippen LogP contribution is -2.21. The summed E-state index contributed by atoms with van der Waals surface area (Å²) in [5.74, 6) is 0.0565. The molecule has 1 atom stereocenters. The van der Waals surface area contributed by atoms with Crippen LogP contribution < -0.4 is 0 Å². The maximum absolute atomic E-state index is 10.6. The van der Waals surface area contributed by atoms with E-state index in [-0.39, 0.29) is 0 Å². The highest BCUT2D eigenvalue weighted by molar-refractivity contribution is 5.74. The van der Waals surface area contributed by atoms with Crippen LogP contribution in [0.5, 0.6) is 0 Å². The van der Waals surface area contributed by atoms with Crippen molar-refractivity contribution in [3.8, 4) is 0 Å². The number of rotatable bonds is 3. The van der Waals surface area contributed by atoms with Crippen LogP contribution in [0.15, 0.2) is 0 Å². The van der Waals surface area contributed by atoms with E-state index in [4.69, 9.17) is 5.11 Å². The average Bonchev–Trinajstić information content (AvgIpc) is 2.70. The minimum absolute atomic E-state index is 0.507. The Hall–Kier alpha value is -0.570. The zero-order valence-electron chi connectivity index (χ0n) is 6.04. The second-order valence-corrected chi connectivity index (χ2v) is 2.72. The summed E-state index contributed by atoms with van der Waals surface area (Å²) in [7, 11) is 1.29. The molecule has 1 aliphatic carbocycles. The zero-order chi connectivity index (χ0) is 7.56. The van der Waals surface area contributed by atoms with Crippen LogP contribution in [0.4, 0.5) is 0 Å². The van der Waals surface area contributed by atoms with Gasteiger partial charge in [0.1, 0.15) is 0 Å². The van der Waals surface area contributed by atoms with Crippen molar-refractivity contribution in [1.82, 2.24) is 0 Å². The van der Waals surface area contributed by atoms with Crippen molar-refractivity contribution in [2.24, 2.45) is 5.92 Å². The molecule has 1 saturated carbocycles. The van der Waals surface area contributed by atoms with E-state index >= 15 is 0 Å². The zero-order valence-corrected chi connectivity index (χ0v) is 6.04. The fraction of sp³-hybridized carbons (Fsp3) is 0.857. The van der Waals surface area contributed by atoms with Crippen LogP contribution in [0, 0.1) is 5.92 Å². The third kappa shape index (κ3) is 1.99. The maximum atomic E-state index is 10.6. The van der Waals surface area contributed by atoms with Gasteiger partial charge in [-0.2, -0.15) is 0 Å². The number of carbonyl (C=O) groups excluding carboxylic acids is 1. The summed E-state index contributed by atoms with van der Waals surface area (Å²) in [6.07, 6.45) is 1.98. The molecule has 3 nitrogen and oxygen atoms in total. The summed E-state index contributed by atoms with van der Waals surface area (Å²) in [6.45, 7) is 0. The van der Waals surface area contributed by atoms with Crippen LogP contribution in [-0.2, 0) is 9.53 Å². The Labute approximate surface area is 60.0 Å².